The quantitative estimate of drug-likeness (QED) is 0.476. The topological polar surface area (TPSA) is 102 Å². The Hall–Kier alpha value is -2.78. The first kappa shape index (κ1) is 23.4. The fourth-order valence-electron chi connectivity index (χ4n) is 5.04. The summed E-state index contributed by atoms with van der Waals surface area (Å²) < 4.78 is 0. The lowest BCUT2D eigenvalue weighted by Crippen LogP contribution is -2.53. The first-order valence-corrected chi connectivity index (χ1v) is 11.8. The van der Waals surface area contributed by atoms with Gasteiger partial charge in [-0.3, -0.25) is 29.4 Å². The van der Waals surface area contributed by atoms with E-state index in [2.05, 4.69) is 20.4 Å². The number of nitrogens with one attached hydrogen (secondary N) is 2. The molecule has 0 radical (unpaired) electrons. The summed E-state index contributed by atoms with van der Waals surface area (Å²) in [4.78, 5) is 54.5. The van der Waals surface area contributed by atoms with Crippen LogP contribution in [-0.2, 0) is 9.59 Å². The van der Waals surface area contributed by atoms with Crippen molar-refractivity contribution in [3.8, 4) is 0 Å². The number of amides is 3. The predicted octanol–water partition coefficient (Wildman–Crippen LogP) is 0.498. The van der Waals surface area contributed by atoms with Crippen molar-refractivity contribution in [2.24, 2.45) is 5.92 Å². The van der Waals surface area contributed by atoms with Crippen molar-refractivity contribution in [2.45, 2.75) is 31.7 Å². The van der Waals surface area contributed by atoms with Gasteiger partial charge in [-0.1, -0.05) is 0 Å². The van der Waals surface area contributed by atoms with Crippen LogP contribution in [0, 0.1) is 5.92 Å². The molecule has 178 valence electrons. The van der Waals surface area contributed by atoms with Crippen molar-refractivity contribution in [2.75, 3.05) is 57.8 Å². The molecule has 1 atom stereocenters. The number of carbonyl (C=O) groups excluding carboxylic acids is 4. The molecule has 3 aliphatic heterocycles. The molecular weight excluding hydrogens is 422 g/mol. The highest BCUT2D eigenvalue weighted by Gasteiger charge is 2.33. The van der Waals surface area contributed by atoms with Gasteiger partial charge in [0.05, 0.1) is 5.56 Å². The third-order valence-corrected chi connectivity index (χ3v) is 7.10. The molecule has 3 aliphatic rings. The number of imide groups is 1. The van der Waals surface area contributed by atoms with Gasteiger partial charge in [0.15, 0.2) is 6.29 Å². The standard InChI is InChI=1S/C24H33N5O4/c1-27(21-4-5-22(31)26-23(21)32)24(33)20-3-2-19(14-18(20)16-30)29-12-10-28(11-13-29)15-17-6-8-25-9-7-17/h2-3,14,16-17,21,25H,4-13,15H2,1H3,(H,26,31,32). The summed E-state index contributed by atoms with van der Waals surface area (Å²) >= 11 is 0. The third-order valence-electron chi connectivity index (χ3n) is 7.10. The first-order valence-electron chi connectivity index (χ1n) is 11.8. The molecule has 4 rings (SSSR count). The lowest BCUT2D eigenvalue weighted by Gasteiger charge is -2.38. The van der Waals surface area contributed by atoms with Crippen molar-refractivity contribution in [1.29, 1.82) is 0 Å². The van der Waals surface area contributed by atoms with Gasteiger partial charge in [0.2, 0.25) is 11.8 Å². The summed E-state index contributed by atoms with van der Waals surface area (Å²) in [6.45, 7) is 7.11. The monoisotopic (exact) mass is 455 g/mol. The summed E-state index contributed by atoms with van der Waals surface area (Å²) in [7, 11) is 1.53. The highest BCUT2D eigenvalue weighted by Crippen LogP contribution is 2.23. The van der Waals surface area contributed by atoms with Gasteiger partial charge in [-0.2, -0.15) is 0 Å². The molecule has 9 heteroatoms. The molecule has 33 heavy (non-hydrogen) atoms. The number of likely N-dealkylation sites (N-methyl/N-ethyl adjacent to an activating group) is 1. The average molecular weight is 456 g/mol. The summed E-state index contributed by atoms with van der Waals surface area (Å²) in [5, 5.41) is 5.69. The largest absolute Gasteiger partial charge is 0.369 e. The molecule has 9 nitrogen and oxygen atoms in total. The smallest absolute Gasteiger partial charge is 0.255 e. The van der Waals surface area contributed by atoms with E-state index in [0.717, 1.165) is 57.4 Å². The molecule has 3 heterocycles. The zero-order valence-corrected chi connectivity index (χ0v) is 19.2. The summed E-state index contributed by atoms with van der Waals surface area (Å²) in [6.07, 6.45) is 3.65. The Morgan fingerprint density at radius 2 is 1.85 bits per heavy atom. The number of nitrogens with zero attached hydrogens (tertiary/aromatic N) is 3. The minimum Gasteiger partial charge on any atom is -0.369 e. The van der Waals surface area contributed by atoms with Crippen LogP contribution in [0.15, 0.2) is 18.2 Å². The Balaban J connectivity index is 1.38. The maximum Gasteiger partial charge on any atom is 0.255 e. The molecule has 0 aromatic heterocycles. The maximum atomic E-state index is 13.0. The summed E-state index contributed by atoms with van der Waals surface area (Å²) in [6, 6.07) is 4.59. The van der Waals surface area contributed by atoms with E-state index in [9.17, 15) is 19.2 Å². The number of aldehydes is 1. The van der Waals surface area contributed by atoms with Crippen molar-refractivity contribution < 1.29 is 19.2 Å². The van der Waals surface area contributed by atoms with Crippen LogP contribution in [0.2, 0.25) is 0 Å². The normalized spacial score (nSPS) is 22.7. The molecule has 0 aliphatic carbocycles. The number of piperazine rings is 1. The lowest BCUT2D eigenvalue weighted by atomic mass is 9.97. The average Bonchev–Trinajstić information content (AvgIpc) is 2.84. The number of hydrogen-bond acceptors (Lipinski definition) is 7. The van der Waals surface area contributed by atoms with Crippen LogP contribution in [0.25, 0.3) is 0 Å². The number of carbonyl (C=O) groups is 4. The van der Waals surface area contributed by atoms with E-state index in [4.69, 9.17) is 0 Å². The lowest BCUT2D eigenvalue weighted by molar-refractivity contribution is -0.136. The number of piperidine rings is 2. The van der Waals surface area contributed by atoms with E-state index >= 15 is 0 Å². The van der Waals surface area contributed by atoms with Crippen LogP contribution >= 0.6 is 0 Å². The Bertz CT molecular complexity index is 906. The van der Waals surface area contributed by atoms with E-state index in [1.54, 1.807) is 12.1 Å². The molecule has 1 aromatic carbocycles. The number of anilines is 1. The minimum atomic E-state index is -0.720. The van der Waals surface area contributed by atoms with Crippen molar-refractivity contribution in [3.05, 3.63) is 29.3 Å². The molecule has 3 saturated heterocycles. The Morgan fingerprint density at radius 3 is 2.52 bits per heavy atom. The van der Waals surface area contributed by atoms with E-state index in [1.165, 1.54) is 24.8 Å². The van der Waals surface area contributed by atoms with Gasteiger partial charge in [0.25, 0.3) is 5.91 Å². The Kier molecular flexibility index (Phi) is 7.39. The molecule has 0 bridgehead atoms. The third kappa shape index (κ3) is 5.42. The predicted molar refractivity (Wildman–Crippen MR) is 124 cm³/mol. The SMILES string of the molecule is CN(C(=O)c1ccc(N2CCN(CC3CCNCC3)CC2)cc1C=O)C1CCC(=O)NC1=O. The molecule has 0 spiro atoms. The van der Waals surface area contributed by atoms with Crippen LogP contribution in [0.1, 0.15) is 46.4 Å². The van der Waals surface area contributed by atoms with Gasteiger partial charge in [0.1, 0.15) is 6.04 Å². The number of rotatable bonds is 6. The molecule has 2 N–H and O–H groups in total. The molecule has 3 amide bonds. The molecular formula is C24H33N5O4. The highest BCUT2D eigenvalue weighted by molar-refractivity contribution is 6.06. The van der Waals surface area contributed by atoms with E-state index in [0.29, 0.717) is 11.8 Å². The second kappa shape index (κ2) is 10.4. The summed E-state index contributed by atoms with van der Waals surface area (Å²) in [5.41, 5.74) is 1.51. The molecule has 1 unspecified atom stereocenters. The van der Waals surface area contributed by atoms with Gasteiger partial charge < -0.3 is 15.1 Å². The van der Waals surface area contributed by atoms with Crippen LogP contribution in [-0.4, -0.2) is 92.7 Å². The van der Waals surface area contributed by atoms with E-state index in [1.807, 2.05) is 6.07 Å². The van der Waals surface area contributed by atoms with Crippen LogP contribution in [0.5, 0.6) is 0 Å². The number of benzene rings is 1. The van der Waals surface area contributed by atoms with E-state index < -0.39 is 17.9 Å². The van der Waals surface area contributed by atoms with Crippen molar-refractivity contribution in [1.82, 2.24) is 20.4 Å². The minimum absolute atomic E-state index is 0.192. The second-order valence-electron chi connectivity index (χ2n) is 9.25. The molecule has 0 saturated carbocycles. The van der Waals surface area contributed by atoms with Crippen LogP contribution in [0.4, 0.5) is 5.69 Å². The second-order valence-corrected chi connectivity index (χ2v) is 9.25. The Morgan fingerprint density at radius 1 is 1.12 bits per heavy atom. The van der Waals surface area contributed by atoms with Gasteiger partial charge in [-0.15, -0.1) is 0 Å². The fourth-order valence-corrected chi connectivity index (χ4v) is 5.04. The van der Waals surface area contributed by atoms with Gasteiger partial charge >= 0.3 is 0 Å². The molecule has 3 fully saturated rings. The van der Waals surface area contributed by atoms with Gasteiger partial charge in [-0.25, -0.2) is 0 Å². The fraction of sp³-hybridized carbons (Fsp3) is 0.583. The van der Waals surface area contributed by atoms with Gasteiger partial charge in [0, 0.05) is 57.4 Å². The first-order chi connectivity index (χ1) is 16.0. The van der Waals surface area contributed by atoms with Gasteiger partial charge in [-0.05, 0) is 56.5 Å². The summed E-state index contributed by atoms with van der Waals surface area (Å²) in [5.74, 6) is -0.435. The Labute approximate surface area is 194 Å². The van der Waals surface area contributed by atoms with Crippen LogP contribution < -0.4 is 15.5 Å². The number of hydrogen-bond donors (Lipinski definition) is 2. The van der Waals surface area contributed by atoms with Crippen molar-refractivity contribution >= 4 is 29.7 Å². The maximum absolute atomic E-state index is 13.0. The zero-order chi connectivity index (χ0) is 23.4. The van der Waals surface area contributed by atoms with Crippen LogP contribution in [0.3, 0.4) is 0 Å². The molecule has 1 aromatic rings. The van der Waals surface area contributed by atoms with E-state index in [-0.39, 0.29) is 24.3 Å². The highest BCUT2D eigenvalue weighted by atomic mass is 16.2. The van der Waals surface area contributed by atoms with Crippen molar-refractivity contribution in [3.63, 3.8) is 0 Å². The zero-order valence-electron chi connectivity index (χ0n) is 19.2.